The Bertz CT molecular complexity index is 449. The maximum absolute atomic E-state index is 12.6. The van der Waals surface area contributed by atoms with E-state index in [1.165, 1.54) is 12.1 Å². The predicted octanol–water partition coefficient (Wildman–Crippen LogP) is 3.48. The second-order valence-electron chi connectivity index (χ2n) is 4.63. The molecule has 0 amide bonds. The lowest BCUT2D eigenvalue weighted by Crippen LogP contribution is -2.29. The van der Waals surface area contributed by atoms with Crippen LogP contribution in [0.25, 0.3) is 0 Å². The van der Waals surface area contributed by atoms with Crippen molar-refractivity contribution in [2.45, 2.75) is 26.4 Å². The first-order chi connectivity index (χ1) is 8.84. The molecule has 0 radical (unpaired) electrons. The molecule has 1 heterocycles. The number of hydrogen-bond donors (Lipinski definition) is 0. The highest BCUT2D eigenvalue weighted by Crippen LogP contribution is 2.29. The number of rotatable bonds is 5. The highest BCUT2D eigenvalue weighted by molar-refractivity contribution is 5.40. The van der Waals surface area contributed by atoms with Gasteiger partial charge < -0.3 is 4.90 Å². The van der Waals surface area contributed by atoms with Gasteiger partial charge in [0.2, 0.25) is 0 Å². The Morgan fingerprint density at radius 1 is 1.37 bits per heavy atom. The highest BCUT2D eigenvalue weighted by Gasteiger charge is 2.32. The largest absolute Gasteiger partial charge is 0.433 e. The van der Waals surface area contributed by atoms with Crippen LogP contribution in [0.1, 0.15) is 26.0 Å². The number of anilines is 1. The van der Waals surface area contributed by atoms with Crippen LogP contribution in [0.2, 0.25) is 0 Å². The summed E-state index contributed by atoms with van der Waals surface area (Å²) >= 11 is 0. The summed E-state index contributed by atoms with van der Waals surface area (Å²) in [6.45, 7) is 4.87. The van der Waals surface area contributed by atoms with E-state index in [4.69, 9.17) is 5.26 Å². The van der Waals surface area contributed by atoms with Crippen molar-refractivity contribution >= 4 is 5.82 Å². The molecule has 0 unspecified atom stereocenters. The van der Waals surface area contributed by atoms with Gasteiger partial charge in [-0.25, -0.2) is 4.98 Å². The van der Waals surface area contributed by atoms with Gasteiger partial charge in [0, 0.05) is 13.1 Å². The van der Waals surface area contributed by atoms with Crippen molar-refractivity contribution in [2.75, 3.05) is 18.0 Å². The van der Waals surface area contributed by atoms with Crippen LogP contribution >= 0.6 is 0 Å². The normalized spacial score (nSPS) is 11.4. The second kappa shape index (κ2) is 6.41. The van der Waals surface area contributed by atoms with Gasteiger partial charge in [-0.1, -0.05) is 19.9 Å². The first-order valence-corrected chi connectivity index (χ1v) is 6.00. The van der Waals surface area contributed by atoms with Gasteiger partial charge in [0.25, 0.3) is 0 Å². The van der Waals surface area contributed by atoms with E-state index in [-0.39, 0.29) is 18.2 Å². The Morgan fingerprint density at radius 3 is 2.58 bits per heavy atom. The molecule has 6 heteroatoms. The molecule has 0 spiro atoms. The molecule has 3 nitrogen and oxygen atoms in total. The van der Waals surface area contributed by atoms with Crippen molar-refractivity contribution in [3.63, 3.8) is 0 Å². The van der Waals surface area contributed by atoms with Gasteiger partial charge in [-0.05, 0) is 18.1 Å². The Kier molecular flexibility index (Phi) is 5.16. The summed E-state index contributed by atoms with van der Waals surface area (Å²) in [5, 5.41) is 8.60. The van der Waals surface area contributed by atoms with E-state index < -0.39 is 11.9 Å². The topological polar surface area (TPSA) is 39.9 Å². The van der Waals surface area contributed by atoms with Gasteiger partial charge in [-0.15, -0.1) is 0 Å². The summed E-state index contributed by atoms with van der Waals surface area (Å²) in [7, 11) is 0. The standard InChI is InChI=1S/C13H16F3N3/c1-10(2)9-19(8-4-7-17)12-6-3-5-11(18-12)13(14,15)16/h3,5-6,10H,4,8-9H2,1-2H3. The molecule has 0 N–H and O–H groups in total. The summed E-state index contributed by atoms with van der Waals surface area (Å²) < 4.78 is 37.8. The third-order valence-electron chi connectivity index (χ3n) is 2.43. The van der Waals surface area contributed by atoms with Crippen LogP contribution in [-0.4, -0.2) is 18.1 Å². The fourth-order valence-electron chi connectivity index (χ4n) is 1.68. The fraction of sp³-hybridized carbons (Fsp3) is 0.538. The van der Waals surface area contributed by atoms with E-state index in [9.17, 15) is 13.2 Å². The molecule has 0 bridgehead atoms. The molecule has 1 aromatic heterocycles. The lowest BCUT2D eigenvalue weighted by Gasteiger charge is -2.25. The fourth-order valence-corrected chi connectivity index (χ4v) is 1.68. The molecule has 0 aliphatic heterocycles. The highest BCUT2D eigenvalue weighted by atomic mass is 19.4. The smallest absolute Gasteiger partial charge is 0.355 e. The first-order valence-electron chi connectivity index (χ1n) is 6.00. The van der Waals surface area contributed by atoms with Crippen LogP contribution in [0, 0.1) is 17.2 Å². The van der Waals surface area contributed by atoms with Crippen molar-refractivity contribution < 1.29 is 13.2 Å². The molecular formula is C13H16F3N3. The van der Waals surface area contributed by atoms with Gasteiger partial charge in [0.05, 0.1) is 12.5 Å². The SMILES string of the molecule is CC(C)CN(CCC#N)c1cccc(C(F)(F)F)n1. The van der Waals surface area contributed by atoms with Crippen LogP contribution in [0.5, 0.6) is 0 Å². The lowest BCUT2D eigenvalue weighted by molar-refractivity contribution is -0.141. The molecule has 19 heavy (non-hydrogen) atoms. The van der Waals surface area contributed by atoms with Crippen molar-refractivity contribution in [1.82, 2.24) is 4.98 Å². The average molecular weight is 271 g/mol. The summed E-state index contributed by atoms with van der Waals surface area (Å²) in [6.07, 6.45) is -4.20. The molecule has 0 atom stereocenters. The van der Waals surface area contributed by atoms with Crippen molar-refractivity contribution in [3.8, 4) is 6.07 Å². The quantitative estimate of drug-likeness (QED) is 0.823. The number of aromatic nitrogens is 1. The zero-order chi connectivity index (χ0) is 14.5. The monoisotopic (exact) mass is 271 g/mol. The number of halogens is 3. The van der Waals surface area contributed by atoms with Crippen LogP contribution < -0.4 is 4.90 Å². The zero-order valence-corrected chi connectivity index (χ0v) is 10.9. The van der Waals surface area contributed by atoms with Crippen LogP contribution in [0.3, 0.4) is 0 Å². The number of hydrogen-bond acceptors (Lipinski definition) is 3. The van der Waals surface area contributed by atoms with E-state index >= 15 is 0 Å². The Labute approximate surface area is 110 Å². The number of nitrogens with zero attached hydrogens (tertiary/aromatic N) is 3. The summed E-state index contributed by atoms with van der Waals surface area (Å²) in [4.78, 5) is 5.35. The Morgan fingerprint density at radius 2 is 2.05 bits per heavy atom. The molecule has 0 fully saturated rings. The predicted molar refractivity (Wildman–Crippen MR) is 66.5 cm³/mol. The van der Waals surface area contributed by atoms with Crippen molar-refractivity contribution in [1.29, 1.82) is 5.26 Å². The minimum atomic E-state index is -4.45. The van der Waals surface area contributed by atoms with E-state index in [1.54, 1.807) is 4.90 Å². The van der Waals surface area contributed by atoms with E-state index in [1.807, 2.05) is 19.9 Å². The lowest BCUT2D eigenvalue weighted by atomic mass is 10.2. The number of alkyl halides is 3. The number of nitriles is 1. The molecule has 1 aromatic rings. The molecule has 0 saturated heterocycles. The van der Waals surface area contributed by atoms with Crippen LogP contribution in [-0.2, 0) is 6.18 Å². The van der Waals surface area contributed by atoms with E-state index in [2.05, 4.69) is 4.98 Å². The molecule has 0 saturated carbocycles. The van der Waals surface area contributed by atoms with Gasteiger partial charge in [0.1, 0.15) is 11.5 Å². The Balaban J connectivity index is 2.98. The average Bonchev–Trinajstić information content (AvgIpc) is 2.33. The molecular weight excluding hydrogens is 255 g/mol. The summed E-state index contributed by atoms with van der Waals surface area (Å²) in [6, 6.07) is 5.81. The van der Waals surface area contributed by atoms with Gasteiger partial charge >= 0.3 is 6.18 Å². The van der Waals surface area contributed by atoms with Crippen LogP contribution in [0.15, 0.2) is 18.2 Å². The second-order valence-corrected chi connectivity index (χ2v) is 4.63. The van der Waals surface area contributed by atoms with E-state index in [0.29, 0.717) is 13.1 Å². The minimum absolute atomic E-state index is 0.255. The molecule has 104 valence electrons. The number of pyridine rings is 1. The molecule has 0 aliphatic carbocycles. The summed E-state index contributed by atoms with van der Waals surface area (Å²) in [5.74, 6) is 0.536. The molecule has 1 rings (SSSR count). The van der Waals surface area contributed by atoms with Crippen molar-refractivity contribution in [2.24, 2.45) is 5.92 Å². The molecule has 0 aromatic carbocycles. The zero-order valence-electron chi connectivity index (χ0n) is 10.9. The van der Waals surface area contributed by atoms with Gasteiger partial charge in [0.15, 0.2) is 0 Å². The third kappa shape index (κ3) is 4.78. The maximum atomic E-state index is 12.6. The van der Waals surface area contributed by atoms with Crippen LogP contribution in [0.4, 0.5) is 19.0 Å². The maximum Gasteiger partial charge on any atom is 0.433 e. The minimum Gasteiger partial charge on any atom is -0.355 e. The van der Waals surface area contributed by atoms with Gasteiger partial charge in [-0.3, -0.25) is 0 Å². The van der Waals surface area contributed by atoms with Crippen molar-refractivity contribution in [3.05, 3.63) is 23.9 Å². The van der Waals surface area contributed by atoms with Gasteiger partial charge in [-0.2, -0.15) is 18.4 Å². The van der Waals surface area contributed by atoms with E-state index in [0.717, 1.165) is 6.07 Å². The first kappa shape index (κ1) is 15.3. The third-order valence-corrected chi connectivity index (χ3v) is 2.43. The Hall–Kier alpha value is -1.77. The summed E-state index contributed by atoms with van der Waals surface area (Å²) in [5.41, 5.74) is -0.907. The molecule has 0 aliphatic rings.